The smallest absolute Gasteiger partial charge is 0.282 e. The molecule has 3 aromatic carbocycles. The van der Waals surface area contributed by atoms with Gasteiger partial charge in [0.1, 0.15) is 11.4 Å². The molecule has 1 aliphatic rings. The molecule has 4 rings (SSSR count). The lowest BCUT2D eigenvalue weighted by molar-refractivity contribution is -0.120. The number of anilines is 2. The third-order valence-electron chi connectivity index (χ3n) is 5.69. The Morgan fingerprint density at radius 3 is 1.97 bits per heavy atom. The number of imide groups is 1. The van der Waals surface area contributed by atoms with Crippen LogP contribution in [0.2, 0.25) is 0 Å². The molecule has 1 N–H and O–H groups in total. The quantitative estimate of drug-likeness (QED) is 0.527. The number of nitrogens with one attached hydrogen (secondary N) is 1. The Morgan fingerprint density at radius 2 is 1.38 bits per heavy atom. The van der Waals surface area contributed by atoms with Crippen LogP contribution in [0.15, 0.2) is 78.5 Å². The molecule has 0 radical (unpaired) electrons. The van der Waals surface area contributed by atoms with Crippen LogP contribution in [0.3, 0.4) is 0 Å². The van der Waals surface area contributed by atoms with Gasteiger partial charge in [0, 0.05) is 11.3 Å². The van der Waals surface area contributed by atoms with Gasteiger partial charge >= 0.3 is 0 Å². The van der Waals surface area contributed by atoms with Gasteiger partial charge in [-0.1, -0.05) is 56.3 Å². The van der Waals surface area contributed by atoms with Crippen molar-refractivity contribution in [1.82, 2.24) is 0 Å². The number of carbonyl (C=O) groups is 2. The molecule has 3 aromatic rings. The number of para-hydroxylation sites is 1. The molecule has 0 fully saturated rings. The molecule has 2 amide bonds. The maximum absolute atomic E-state index is 13.6. The number of methoxy groups -OCH3 is 1. The molecule has 0 aliphatic carbocycles. The lowest BCUT2D eigenvalue weighted by Gasteiger charge is -2.16. The topological polar surface area (TPSA) is 58.6 Å². The first-order valence-electron chi connectivity index (χ1n) is 10.8. The Bertz CT molecular complexity index is 1180. The molecule has 5 nitrogen and oxygen atoms in total. The minimum absolute atomic E-state index is 0.239. The molecular formula is C27H26N2O3. The number of rotatable bonds is 7. The van der Waals surface area contributed by atoms with E-state index in [1.54, 1.807) is 19.2 Å². The second kappa shape index (κ2) is 9.10. The summed E-state index contributed by atoms with van der Waals surface area (Å²) in [5.74, 6) is -0.233. The number of nitrogens with zero attached hydrogens (tertiary/aromatic N) is 1. The van der Waals surface area contributed by atoms with Crippen molar-refractivity contribution in [2.75, 3.05) is 17.3 Å². The third kappa shape index (κ3) is 3.89. The van der Waals surface area contributed by atoms with Gasteiger partial charge in [0.25, 0.3) is 11.8 Å². The van der Waals surface area contributed by atoms with Gasteiger partial charge in [-0.2, -0.15) is 0 Å². The third-order valence-corrected chi connectivity index (χ3v) is 5.69. The minimum atomic E-state index is -0.389. The number of aryl methyl sites for hydroxylation is 2. The Morgan fingerprint density at radius 1 is 0.781 bits per heavy atom. The first-order chi connectivity index (χ1) is 15.6. The highest BCUT2D eigenvalue weighted by Crippen LogP contribution is 2.37. The summed E-state index contributed by atoms with van der Waals surface area (Å²) in [5, 5.41) is 3.21. The van der Waals surface area contributed by atoms with Crippen LogP contribution in [0.1, 0.15) is 30.5 Å². The van der Waals surface area contributed by atoms with Crippen molar-refractivity contribution in [3.8, 4) is 5.75 Å². The fourth-order valence-corrected chi connectivity index (χ4v) is 3.83. The van der Waals surface area contributed by atoms with Gasteiger partial charge in [-0.05, 0) is 54.3 Å². The van der Waals surface area contributed by atoms with Gasteiger partial charge in [0.05, 0.1) is 18.4 Å². The first-order valence-corrected chi connectivity index (χ1v) is 10.8. The zero-order valence-electron chi connectivity index (χ0n) is 18.5. The van der Waals surface area contributed by atoms with Crippen LogP contribution < -0.4 is 15.0 Å². The molecular weight excluding hydrogens is 400 g/mol. The van der Waals surface area contributed by atoms with Gasteiger partial charge < -0.3 is 10.1 Å². The number of hydrogen-bond donors (Lipinski definition) is 1. The summed E-state index contributed by atoms with van der Waals surface area (Å²) in [7, 11) is 1.55. The van der Waals surface area contributed by atoms with E-state index in [1.165, 1.54) is 10.5 Å². The van der Waals surface area contributed by atoms with E-state index in [4.69, 9.17) is 4.74 Å². The summed E-state index contributed by atoms with van der Waals surface area (Å²) in [6, 6.07) is 22.6. The molecule has 1 aliphatic heterocycles. The van der Waals surface area contributed by atoms with E-state index in [0.717, 1.165) is 24.1 Å². The van der Waals surface area contributed by atoms with Crippen molar-refractivity contribution in [1.29, 1.82) is 0 Å². The maximum Gasteiger partial charge on any atom is 0.282 e. The summed E-state index contributed by atoms with van der Waals surface area (Å²) in [6.07, 6.45) is 1.81. The van der Waals surface area contributed by atoms with E-state index in [2.05, 4.69) is 19.2 Å². The van der Waals surface area contributed by atoms with Gasteiger partial charge in [0.2, 0.25) is 0 Å². The molecule has 0 saturated heterocycles. The Balaban J connectivity index is 1.81. The van der Waals surface area contributed by atoms with Crippen LogP contribution in [-0.4, -0.2) is 18.9 Å². The summed E-state index contributed by atoms with van der Waals surface area (Å²) in [4.78, 5) is 28.3. The minimum Gasteiger partial charge on any atom is -0.496 e. The number of amides is 2. The van der Waals surface area contributed by atoms with E-state index in [-0.39, 0.29) is 17.5 Å². The van der Waals surface area contributed by atoms with E-state index < -0.39 is 0 Å². The van der Waals surface area contributed by atoms with Gasteiger partial charge in [-0.15, -0.1) is 0 Å². The van der Waals surface area contributed by atoms with Crippen molar-refractivity contribution < 1.29 is 14.3 Å². The summed E-state index contributed by atoms with van der Waals surface area (Å²) in [6.45, 7) is 4.15. The second-order valence-corrected chi connectivity index (χ2v) is 7.59. The second-order valence-electron chi connectivity index (χ2n) is 7.59. The highest BCUT2D eigenvalue weighted by molar-refractivity contribution is 6.46. The fraction of sp³-hybridized carbons (Fsp3) is 0.185. The monoisotopic (exact) mass is 426 g/mol. The van der Waals surface area contributed by atoms with Crippen molar-refractivity contribution in [3.63, 3.8) is 0 Å². The normalized spacial score (nSPS) is 13.7. The zero-order valence-corrected chi connectivity index (χ0v) is 18.5. The Hall–Kier alpha value is -3.86. The number of carbonyl (C=O) groups excluding carboxylic acids is 2. The molecule has 5 heteroatoms. The van der Waals surface area contributed by atoms with Gasteiger partial charge in [-0.25, -0.2) is 4.90 Å². The number of ether oxygens (including phenoxy) is 1. The molecule has 32 heavy (non-hydrogen) atoms. The average Bonchev–Trinajstić information content (AvgIpc) is 3.08. The fourth-order valence-electron chi connectivity index (χ4n) is 3.83. The lowest BCUT2D eigenvalue weighted by atomic mass is 10.0. The first kappa shape index (κ1) is 21.4. The standard InChI is InChI=1S/C27H26N2O3/c1-4-18-10-14-20(15-11-18)28-25-24(22-8-6-7-9-23(22)32-3)26(30)29(27(25)31)21-16-12-19(5-2)13-17-21/h6-17,28H,4-5H2,1-3H3. The lowest BCUT2D eigenvalue weighted by Crippen LogP contribution is -2.32. The predicted molar refractivity (Wildman–Crippen MR) is 128 cm³/mol. The largest absolute Gasteiger partial charge is 0.496 e. The van der Waals surface area contributed by atoms with Crippen molar-refractivity contribution in [2.45, 2.75) is 26.7 Å². The van der Waals surface area contributed by atoms with Gasteiger partial charge in [0.15, 0.2) is 0 Å². The van der Waals surface area contributed by atoms with E-state index in [1.807, 2.05) is 60.7 Å². The molecule has 0 saturated carbocycles. The SMILES string of the molecule is CCc1ccc(NC2=C(c3ccccc3OC)C(=O)N(c3ccc(CC)cc3)C2=O)cc1. The van der Waals surface area contributed by atoms with Crippen molar-refractivity contribution >= 4 is 28.8 Å². The Labute approximate surface area is 188 Å². The van der Waals surface area contributed by atoms with E-state index in [9.17, 15) is 9.59 Å². The molecule has 0 unspecified atom stereocenters. The van der Waals surface area contributed by atoms with Crippen LogP contribution >= 0.6 is 0 Å². The summed E-state index contributed by atoms with van der Waals surface area (Å²) < 4.78 is 5.50. The average molecular weight is 427 g/mol. The summed E-state index contributed by atoms with van der Waals surface area (Å²) >= 11 is 0. The van der Waals surface area contributed by atoms with Crippen LogP contribution in [0.5, 0.6) is 5.75 Å². The molecule has 162 valence electrons. The number of benzene rings is 3. The molecule has 0 atom stereocenters. The summed E-state index contributed by atoms with van der Waals surface area (Å²) in [5.41, 5.74) is 4.74. The highest BCUT2D eigenvalue weighted by Gasteiger charge is 2.41. The van der Waals surface area contributed by atoms with E-state index in [0.29, 0.717) is 22.6 Å². The van der Waals surface area contributed by atoms with Crippen LogP contribution in [-0.2, 0) is 22.4 Å². The van der Waals surface area contributed by atoms with E-state index >= 15 is 0 Å². The zero-order chi connectivity index (χ0) is 22.7. The van der Waals surface area contributed by atoms with Crippen molar-refractivity contribution in [2.24, 2.45) is 0 Å². The number of hydrogen-bond acceptors (Lipinski definition) is 4. The molecule has 0 bridgehead atoms. The Kier molecular flexibility index (Phi) is 6.08. The predicted octanol–water partition coefficient (Wildman–Crippen LogP) is 5.22. The molecule has 1 heterocycles. The van der Waals surface area contributed by atoms with Crippen LogP contribution in [0.4, 0.5) is 11.4 Å². The molecule has 0 spiro atoms. The van der Waals surface area contributed by atoms with Crippen molar-refractivity contribution in [3.05, 3.63) is 95.2 Å². The maximum atomic E-state index is 13.6. The van der Waals surface area contributed by atoms with Crippen LogP contribution in [0.25, 0.3) is 5.57 Å². The molecule has 0 aromatic heterocycles. The van der Waals surface area contributed by atoms with Crippen LogP contribution in [0, 0.1) is 0 Å². The van der Waals surface area contributed by atoms with Gasteiger partial charge in [-0.3, -0.25) is 9.59 Å². The highest BCUT2D eigenvalue weighted by atomic mass is 16.5.